The predicted molar refractivity (Wildman–Crippen MR) is 63.9 cm³/mol. The summed E-state index contributed by atoms with van der Waals surface area (Å²) in [6.45, 7) is 0.00446. The Morgan fingerprint density at radius 3 is 2.78 bits per heavy atom. The van der Waals surface area contributed by atoms with Crippen molar-refractivity contribution in [1.82, 2.24) is 0 Å². The monoisotopic (exact) mass is 245 g/mol. The van der Waals surface area contributed by atoms with E-state index in [-0.39, 0.29) is 13.0 Å². The summed E-state index contributed by atoms with van der Waals surface area (Å²) in [6, 6.07) is 8.50. The summed E-state index contributed by atoms with van der Waals surface area (Å²) in [5.41, 5.74) is 6.11. The Morgan fingerprint density at radius 2 is 2.11 bits per heavy atom. The number of hydrogen-bond acceptors (Lipinski definition) is 4. The van der Waals surface area contributed by atoms with Crippen molar-refractivity contribution >= 4 is 11.9 Å². The van der Waals surface area contributed by atoms with E-state index in [9.17, 15) is 9.59 Å². The lowest BCUT2D eigenvalue weighted by Crippen LogP contribution is -2.15. The minimum atomic E-state index is -0.556. The van der Waals surface area contributed by atoms with Crippen molar-refractivity contribution in [2.75, 3.05) is 0 Å². The Morgan fingerprint density at radius 1 is 1.39 bits per heavy atom. The normalized spacial score (nSPS) is 9.50. The summed E-state index contributed by atoms with van der Waals surface area (Å²) >= 11 is 0. The Hall–Kier alpha value is -2.35. The number of nitriles is 1. The number of carbonyl (C=O) groups is 2. The molecule has 5 heteroatoms. The number of hydrogen-bond donors (Lipinski definition) is 1. The van der Waals surface area contributed by atoms with E-state index < -0.39 is 11.9 Å². The third-order valence-electron chi connectivity index (χ3n) is 2.26. The van der Waals surface area contributed by atoms with Gasteiger partial charge >= 0.3 is 5.97 Å². The fourth-order valence-electron chi connectivity index (χ4n) is 1.37. The van der Waals surface area contributed by atoms with Gasteiger partial charge in [-0.2, -0.15) is 5.26 Å². The SMILES string of the molecule is N#C[CH]CCC(=O)OCc1ccccc1C(N)=O. The zero-order valence-corrected chi connectivity index (χ0v) is 9.76. The average molecular weight is 245 g/mol. The molecule has 2 N–H and O–H groups in total. The lowest BCUT2D eigenvalue weighted by atomic mass is 10.1. The number of benzene rings is 1. The highest BCUT2D eigenvalue weighted by molar-refractivity contribution is 5.94. The van der Waals surface area contributed by atoms with Gasteiger partial charge in [-0.05, 0) is 12.5 Å². The number of unbranched alkanes of at least 4 members (excludes halogenated alkanes) is 1. The molecule has 0 aromatic heterocycles. The van der Waals surface area contributed by atoms with Crippen LogP contribution < -0.4 is 5.73 Å². The van der Waals surface area contributed by atoms with Gasteiger partial charge in [0.25, 0.3) is 0 Å². The molecular formula is C13H13N2O3. The molecule has 0 heterocycles. The predicted octanol–water partition coefficient (Wildman–Crippen LogP) is 1.34. The highest BCUT2D eigenvalue weighted by Crippen LogP contribution is 2.10. The Labute approximate surface area is 105 Å². The van der Waals surface area contributed by atoms with Crippen LogP contribution in [0.2, 0.25) is 0 Å². The molecule has 18 heavy (non-hydrogen) atoms. The van der Waals surface area contributed by atoms with Crippen molar-refractivity contribution in [1.29, 1.82) is 5.26 Å². The molecule has 1 aromatic carbocycles. The van der Waals surface area contributed by atoms with Crippen LogP contribution in [0.3, 0.4) is 0 Å². The zero-order chi connectivity index (χ0) is 13.4. The highest BCUT2D eigenvalue weighted by Gasteiger charge is 2.09. The van der Waals surface area contributed by atoms with E-state index >= 15 is 0 Å². The molecule has 1 amide bonds. The van der Waals surface area contributed by atoms with Gasteiger partial charge in [0.2, 0.25) is 5.91 Å². The summed E-state index contributed by atoms with van der Waals surface area (Å²) in [4.78, 5) is 22.4. The first-order chi connectivity index (χ1) is 8.65. The number of rotatable bonds is 6. The molecule has 93 valence electrons. The molecular weight excluding hydrogens is 232 g/mol. The number of amides is 1. The van der Waals surface area contributed by atoms with E-state index in [1.54, 1.807) is 24.3 Å². The van der Waals surface area contributed by atoms with E-state index in [2.05, 4.69) is 0 Å². The second kappa shape index (κ2) is 7.07. The second-order valence-corrected chi connectivity index (χ2v) is 3.55. The van der Waals surface area contributed by atoms with Gasteiger partial charge in [-0.15, -0.1) is 0 Å². The summed E-state index contributed by atoms with van der Waals surface area (Å²) in [6.07, 6.45) is 1.83. The Kier molecular flexibility index (Phi) is 5.39. The fraction of sp³-hybridized carbons (Fsp3) is 0.231. The van der Waals surface area contributed by atoms with Crippen molar-refractivity contribution < 1.29 is 14.3 Å². The van der Waals surface area contributed by atoms with Crippen LogP contribution in [-0.4, -0.2) is 11.9 Å². The minimum Gasteiger partial charge on any atom is -0.461 e. The van der Waals surface area contributed by atoms with Crippen LogP contribution >= 0.6 is 0 Å². The third kappa shape index (κ3) is 4.26. The molecule has 0 unspecified atom stereocenters. The number of ether oxygens (including phenoxy) is 1. The van der Waals surface area contributed by atoms with E-state index in [1.165, 1.54) is 6.42 Å². The summed E-state index contributed by atoms with van der Waals surface area (Å²) < 4.78 is 4.99. The van der Waals surface area contributed by atoms with Gasteiger partial charge in [0.15, 0.2) is 0 Å². The standard InChI is InChI=1S/C13H13N2O3/c14-8-4-3-7-12(16)18-9-10-5-1-2-6-11(10)13(15)17/h1-2,4-6H,3,7,9H2,(H2,15,17). The topological polar surface area (TPSA) is 93.2 Å². The number of nitrogens with zero attached hydrogens (tertiary/aromatic N) is 1. The maximum atomic E-state index is 11.3. The molecule has 1 radical (unpaired) electrons. The van der Waals surface area contributed by atoms with E-state index in [1.807, 2.05) is 6.07 Å². The first-order valence-corrected chi connectivity index (χ1v) is 5.39. The molecule has 0 aliphatic rings. The van der Waals surface area contributed by atoms with Gasteiger partial charge in [0.05, 0.1) is 12.5 Å². The van der Waals surface area contributed by atoms with Crippen LogP contribution in [0.1, 0.15) is 28.8 Å². The molecule has 0 bridgehead atoms. The van der Waals surface area contributed by atoms with E-state index in [0.29, 0.717) is 17.5 Å². The van der Waals surface area contributed by atoms with Crippen molar-refractivity contribution in [2.24, 2.45) is 5.73 Å². The molecule has 5 nitrogen and oxygen atoms in total. The van der Waals surface area contributed by atoms with E-state index in [0.717, 1.165) is 0 Å². The number of carbonyl (C=O) groups excluding carboxylic acids is 2. The van der Waals surface area contributed by atoms with Gasteiger partial charge in [0.1, 0.15) is 6.61 Å². The van der Waals surface area contributed by atoms with Crippen LogP contribution in [0, 0.1) is 17.8 Å². The van der Waals surface area contributed by atoms with Gasteiger partial charge in [0, 0.05) is 17.5 Å². The zero-order valence-electron chi connectivity index (χ0n) is 9.76. The largest absolute Gasteiger partial charge is 0.461 e. The van der Waals surface area contributed by atoms with Crippen LogP contribution in [-0.2, 0) is 16.1 Å². The van der Waals surface area contributed by atoms with Gasteiger partial charge in [-0.1, -0.05) is 18.2 Å². The van der Waals surface area contributed by atoms with Crippen molar-refractivity contribution in [3.8, 4) is 6.07 Å². The maximum absolute atomic E-state index is 11.3. The first-order valence-electron chi connectivity index (χ1n) is 5.39. The number of nitrogens with two attached hydrogens (primary N) is 1. The Balaban J connectivity index is 2.51. The molecule has 0 fully saturated rings. The van der Waals surface area contributed by atoms with Crippen molar-refractivity contribution in [3.05, 3.63) is 41.8 Å². The van der Waals surface area contributed by atoms with Crippen LogP contribution in [0.5, 0.6) is 0 Å². The lowest BCUT2D eigenvalue weighted by molar-refractivity contribution is -0.144. The van der Waals surface area contributed by atoms with E-state index in [4.69, 9.17) is 15.7 Å². The molecule has 0 saturated heterocycles. The molecule has 1 rings (SSSR count). The number of primary amides is 1. The number of esters is 1. The third-order valence-corrected chi connectivity index (χ3v) is 2.26. The van der Waals surface area contributed by atoms with Crippen LogP contribution in [0.25, 0.3) is 0 Å². The second-order valence-electron chi connectivity index (χ2n) is 3.55. The van der Waals surface area contributed by atoms with Crippen LogP contribution in [0.4, 0.5) is 0 Å². The van der Waals surface area contributed by atoms with Crippen molar-refractivity contribution in [2.45, 2.75) is 19.4 Å². The van der Waals surface area contributed by atoms with Crippen molar-refractivity contribution in [3.63, 3.8) is 0 Å². The molecule has 1 aromatic rings. The van der Waals surface area contributed by atoms with Gasteiger partial charge < -0.3 is 10.5 Å². The maximum Gasteiger partial charge on any atom is 0.306 e. The Bertz CT molecular complexity index is 477. The molecule has 0 spiro atoms. The molecule has 0 saturated carbocycles. The molecule has 0 aliphatic heterocycles. The molecule has 0 atom stereocenters. The summed E-state index contributed by atoms with van der Waals surface area (Å²) in [5.74, 6) is -0.972. The lowest BCUT2D eigenvalue weighted by Gasteiger charge is -2.07. The first kappa shape index (κ1) is 13.7. The van der Waals surface area contributed by atoms with Gasteiger partial charge in [-0.25, -0.2) is 0 Å². The van der Waals surface area contributed by atoms with Gasteiger partial charge in [-0.3, -0.25) is 9.59 Å². The average Bonchev–Trinajstić information content (AvgIpc) is 2.37. The summed E-state index contributed by atoms with van der Waals surface area (Å²) in [7, 11) is 0. The summed E-state index contributed by atoms with van der Waals surface area (Å²) in [5, 5.41) is 8.28. The minimum absolute atomic E-state index is 0.00446. The van der Waals surface area contributed by atoms with Crippen LogP contribution in [0.15, 0.2) is 24.3 Å². The fourth-order valence-corrected chi connectivity index (χ4v) is 1.37. The molecule has 0 aliphatic carbocycles. The quantitative estimate of drug-likeness (QED) is 0.604. The smallest absolute Gasteiger partial charge is 0.306 e. The highest BCUT2D eigenvalue weighted by atomic mass is 16.5.